The van der Waals surface area contributed by atoms with Crippen molar-refractivity contribution < 1.29 is 19.4 Å². The first-order chi connectivity index (χ1) is 10.9. The molecule has 0 fully saturated rings. The summed E-state index contributed by atoms with van der Waals surface area (Å²) in [6.07, 6.45) is 4.52. The highest BCUT2D eigenvalue weighted by Gasteiger charge is 2.22. The molecular weight excluding hydrogens is 292 g/mol. The highest BCUT2D eigenvalue weighted by atomic mass is 16.5. The number of aromatic carboxylic acids is 1. The van der Waals surface area contributed by atoms with E-state index in [-0.39, 0.29) is 17.2 Å². The molecule has 128 valence electrons. The minimum atomic E-state index is -1.10. The number of carbonyl (C=O) groups is 2. The van der Waals surface area contributed by atoms with Crippen molar-refractivity contribution in [3.05, 3.63) is 34.9 Å². The molecule has 0 aliphatic heterocycles. The maximum atomic E-state index is 12.4. The van der Waals surface area contributed by atoms with Crippen molar-refractivity contribution in [3.8, 4) is 0 Å². The summed E-state index contributed by atoms with van der Waals surface area (Å²) in [6.45, 7) is 8.09. The number of esters is 1. The van der Waals surface area contributed by atoms with E-state index in [0.29, 0.717) is 11.5 Å². The third kappa shape index (κ3) is 6.05. The third-order valence-corrected chi connectivity index (χ3v) is 3.90. The molecule has 0 aliphatic rings. The summed E-state index contributed by atoms with van der Waals surface area (Å²) < 4.78 is 5.60. The zero-order valence-electron chi connectivity index (χ0n) is 14.6. The Morgan fingerprint density at radius 2 is 1.87 bits per heavy atom. The highest BCUT2D eigenvalue weighted by molar-refractivity contribution is 6.03. The van der Waals surface area contributed by atoms with Crippen LogP contribution in [0.15, 0.2) is 18.2 Å². The molecule has 0 aromatic heterocycles. The summed E-state index contributed by atoms with van der Waals surface area (Å²) in [5.74, 6) is -1.00. The molecule has 1 N–H and O–H groups in total. The maximum absolute atomic E-state index is 12.4. The Bertz CT molecular complexity index is 534. The summed E-state index contributed by atoms with van der Waals surface area (Å²) in [5.41, 5.74) is 0.746. The van der Waals surface area contributed by atoms with Gasteiger partial charge >= 0.3 is 11.9 Å². The molecule has 0 bridgehead atoms. The van der Waals surface area contributed by atoms with Gasteiger partial charge in [-0.05, 0) is 43.7 Å². The molecular formula is C19H28O4. The van der Waals surface area contributed by atoms with Crippen molar-refractivity contribution >= 4 is 11.9 Å². The Morgan fingerprint density at radius 3 is 2.43 bits per heavy atom. The van der Waals surface area contributed by atoms with E-state index in [1.807, 2.05) is 0 Å². The van der Waals surface area contributed by atoms with Gasteiger partial charge in [0, 0.05) is 0 Å². The van der Waals surface area contributed by atoms with Crippen molar-refractivity contribution in [3.63, 3.8) is 0 Å². The summed E-state index contributed by atoms with van der Waals surface area (Å²) >= 11 is 0. The molecule has 4 heteroatoms. The number of ether oxygens (including phenoxy) is 1. The number of carbonyl (C=O) groups excluding carboxylic acids is 1. The fourth-order valence-electron chi connectivity index (χ4n) is 2.67. The van der Waals surface area contributed by atoms with Crippen LogP contribution >= 0.6 is 0 Å². The molecule has 1 aromatic rings. The van der Waals surface area contributed by atoms with Crippen LogP contribution in [0, 0.1) is 12.8 Å². The summed E-state index contributed by atoms with van der Waals surface area (Å²) in [4.78, 5) is 23.8. The summed E-state index contributed by atoms with van der Waals surface area (Å²) in [6, 6.07) is 4.90. The molecule has 0 saturated carbocycles. The molecule has 0 spiro atoms. The second-order valence-corrected chi connectivity index (χ2v) is 6.44. The minimum Gasteiger partial charge on any atom is -0.478 e. The largest absolute Gasteiger partial charge is 0.478 e. The van der Waals surface area contributed by atoms with E-state index in [0.717, 1.165) is 32.1 Å². The molecule has 0 aliphatic carbocycles. The van der Waals surface area contributed by atoms with Crippen molar-refractivity contribution in [2.24, 2.45) is 5.92 Å². The van der Waals surface area contributed by atoms with Crippen LogP contribution in [-0.2, 0) is 4.74 Å². The number of hydrogen-bond acceptors (Lipinski definition) is 3. The highest BCUT2D eigenvalue weighted by Crippen LogP contribution is 2.19. The van der Waals surface area contributed by atoms with Gasteiger partial charge in [-0.15, -0.1) is 0 Å². The fraction of sp³-hybridized carbons (Fsp3) is 0.579. The predicted octanol–water partition coefficient (Wildman–Crippen LogP) is 4.85. The first-order valence-corrected chi connectivity index (χ1v) is 8.40. The Morgan fingerprint density at radius 1 is 1.17 bits per heavy atom. The van der Waals surface area contributed by atoms with E-state index >= 15 is 0 Å². The monoisotopic (exact) mass is 320 g/mol. The number of benzene rings is 1. The standard InChI is InChI=1S/C19H28O4/c1-5-8-15(11-6-9-13(2)3)23-19(22)16-12-7-10-14(4)17(16)18(20)21/h7,10,12-13,15H,5-6,8-9,11H2,1-4H3,(H,20,21). The van der Waals surface area contributed by atoms with E-state index in [4.69, 9.17) is 4.74 Å². The molecule has 1 atom stereocenters. The van der Waals surface area contributed by atoms with Crippen LogP contribution in [0.2, 0.25) is 0 Å². The lowest BCUT2D eigenvalue weighted by Crippen LogP contribution is -2.21. The molecule has 0 saturated heterocycles. The van der Waals surface area contributed by atoms with E-state index in [1.165, 1.54) is 6.07 Å². The summed E-state index contributed by atoms with van der Waals surface area (Å²) in [5, 5.41) is 9.33. The molecule has 4 nitrogen and oxygen atoms in total. The van der Waals surface area contributed by atoms with Crippen LogP contribution in [0.3, 0.4) is 0 Å². The molecule has 0 amide bonds. The van der Waals surface area contributed by atoms with Gasteiger partial charge in [-0.25, -0.2) is 9.59 Å². The lowest BCUT2D eigenvalue weighted by molar-refractivity contribution is 0.0247. The van der Waals surface area contributed by atoms with Gasteiger partial charge in [-0.2, -0.15) is 0 Å². The van der Waals surface area contributed by atoms with Crippen molar-refractivity contribution in [2.45, 2.75) is 65.9 Å². The number of carboxylic acids is 1. The fourth-order valence-corrected chi connectivity index (χ4v) is 2.67. The average molecular weight is 320 g/mol. The van der Waals surface area contributed by atoms with E-state index in [2.05, 4.69) is 20.8 Å². The van der Waals surface area contributed by atoms with Gasteiger partial charge in [0.05, 0.1) is 11.1 Å². The molecule has 1 unspecified atom stereocenters. The topological polar surface area (TPSA) is 63.6 Å². The Balaban J connectivity index is 2.83. The number of hydrogen-bond donors (Lipinski definition) is 1. The lowest BCUT2D eigenvalue weighted by atomic mass is 10.0. The predicted molar refractivity (Wildman–Crippen MR) is 90.9 cm³/mol. The minimum absolute atomic E-state index is 0.0370. The smallest absolute Gasteiger partial charge is 0.339 e. The van der Waals surface area contributed by atoms with E-state index in [9.17, 15) is 14.7 Å². The average Bonchev–Trinajstić information content (AvgIpc) is 2.46. The van der Waals surface area contributed by atoms with E-state index in [1.54, 1.807) is 19.1 Å². The number of aryl methyl sites for hydroxylation is 1. The first kappa shape index (κ1) is 19.2. The van der Waals surface area contributed by atoms with Crippen LogP contribution in [0.4, 0.5) is 0 Å². The summed E-state index contributed by atoms with van der Waals surface area (Å²) in [7, 11) is 0. The molecule has 0 heterocycles. The lowest BCUT2D eigenvalue weighted by Gasteiger charge is -2.19. The zero-order chi connectivity index (χ0) is 17.4. The van der Waals surface area contributed by atoms with Gasteiger partial charge in [0.15, 0.2) is 0 Å². The quantitative estimate of drug-likeness (QED) is 0.661. The second kappa shape index (κ2) is 9.33. The van der Waals surface area contributed by atoms with Crippen molar-refractivity contribution in [2.75, 3.05) is 0 Å². The van der Waals surface area contributed by atoms with Gasteiger partial charge in [0.2, 0.25) is 0 Å². The second-order valence-electron chi connectivity index (χ2n) is 6.44. The van der Waals surface area contributed by atoms with Crippen LogP contribution < -0.4 is 0 Å². The third-order valence-electron chi connectivity index (χ3n) is 3.90. The van der Waals surface area contributed by atoms with E-state index < -0.39 is 11.9 Å². The molecule has 23 heavy (non-hydrogen) atoms. The first-order valence-electron chi connectivity index (χ1n) is 8.40. The van der Waals surface area contributed by atoms with Gasteiger partial charge in [-0.3, -0.25) is 0 Å². The normalized spacial score (nSPS) is 12.2. The Kier molecular flexibility index (Phi) is 7.79. The van der Waals surface area contributed by atoms with Crippen molar-refractivity contribution in [1.29, 1.82) is 0 Å². The van der Waals surface area contributed by atoms with Crippen LogP contribution in [-0.4, -0.2) is 23.1 Å². The zero-order valence-corrected chi connectivity index (χ0v) is 14.6. The van der Waals surface area contributed by atoms with Crippen LogP contribution in [0.5, 0.6) is 0 Å². The number of rotatable bonds is 9. The Labute approximate surface area is 138 Å². The number of carboxylic acid groups (broad SMARTS) is 1. The van der Waals surface area contributed by atoms with Crippen molar-refractivity contribution in [1.82, 2.24) is 0 Å². The van der Waals surface area contributed by atoms with Gasteiger partial charge in [0.1, 0.15) is 6.10 Å². The molecule has 0 radical (unpaired) electrons. The van der Waals surface area contributed by atoms with Crippen LogP contribution in [0.1, 0.15) is 79.2 Å². The van der Waals surface area contributed by atoms with Crippen LogP contribution in [0.25, 0.3) is 0 Å². The molecule has 1 aromatic carbocycles. The van der Waals surface area contributed by atoms with Gasteiger partial charge in [0.25, 0.3) is 0 Å². The molecule has 1 rings (SSSR count). The van der Waals surface area contributed by atoms with Gasteiger partial charge in [-0.1, -0.05) is 45.7 Å². The Hall–Kier alpha value is -1.84. The maximum Gasteiger partial charge on any atom is 0.339 e. The van der Waals surface area contributed by atoms with Gasteiger partial charge < -0.3 is 9.84 Å². The SMILES string of the molecule is CCCC(CCCC(C)C)OC(=O)c1cccc(C)c1C(=O)O.